The monoisotopic (exact) mass is 351 g/mol. The number of rotatable bonds is 6. The van der Waals surface area contributed by atoms with Gasteiger partial charge in [0, 0.05) is 19.3 Å². The van der Waals surface area contributed by atoms with Crippen molar-refractivity contribution in [3.05, 3.63) is 65.5 Å². The van der Waals surface area contributed by atoms with Gasteiger partial charge in [-0.1, -0.05) is 42.5 Å². The van der Waals surface area contributed by atoms with E-state index in [-0.39, 0.29) is 12.5 Å². The summed E-state index contributed by atoms with van der Waals surface area (Å²) in [4.78, 5) is 23.9. The van der Waals surface area contributed by atoms with Crippen molar-refractivity contribution in [2.45, 2.75) is 13.3 Å². The molecule has 0 saturated heterocycles. The molecular weight excluding hydrogens is 330 g/mol. The predicted octanol–water partition coefficient (Wildman–Crippen LogP) is 2.56. The molecule has 3 rings (SSSR count). The highest BCUT2D eigenvalue weighted by Crippen LogP contribution is 2.18. The first-order valence-corrected chi connectivity index (χ1v) is 8.43. The van der Waals surface area contributed by atoms with E-state index in [1.165, 1.54) is 6.20 Å². The maximum absolute atomic E-state index is 12.3. The SMILES string of the molecule is Cc1c(C(=O)NCC(Cc2ccc3ccccc3c2)C(=O)O)cnn1C. The lowest BCUT2D eigenvalue weighted by atomic mass is 9.97. The summed E-state index contributed by atoms with van der Waals surface area (Å²) in [7, 11) is 1.76. The molecule has 1 unspecified atom stereocenters. The van der Waals surface area contributed by atoms with Gasteiger partial charge >= 0.3 is 5.97 Å². The molecule has 1 amide bonds. The molecule has 6 nitrogen and oxygen atoms in total. The summed E-state index contributed by atoms with van der Waals surface area (Å²) in [6, 6.07) is 13.9. The lowest BCUT2D eigenvalue weighted by Gasteiger charge is -2.14. The van der Waals surface area contributed by atoms with Gasteiger partial charge in [0.2, 0.25) is 0 Å². The van der Waals surface area contributed by atoms with Crippen molar-refractivity contribution in [2.75, 3.05) is 6.54 Å². The zero-order valence-electron chi connectivity index (χ0n) is 14.8. The number of aryl methyl sites for hydroxylation is 1. The van der Waals surface area contributed by atoms with Gasteiger partial charge in [-0.15, -0.1) is 0 Å². The van der Waals surface area contributed by atoms with E-state index in [1.807, 2.05) is 42.5 Å². The number of carboxylic acids is 1. The molecule has 2 N–H and O–H groups in total. The Labute approximate surface area is 151 Å². The third-order valence-electron chi connectivity index (χ3n) is 4.63. The van der Waals surface area contributed by atoms with Crippen LogP contribution in [-0.2, 0) is 18.3 Å². The van der Waals surface area contributed by atoms with Crippen LogP contribution in [0.4, 0.5) is 0 Å². The summed E-state index contributed by atoms with van der Waals surface area (Å²) in [5.74, 6) is -1.93. The molecule has 6 heteroatoms. The van der Waals surface area contributed by atoms with E-state index >= 15 is 0 Å². The highest BCUT2D eigenvalue weighted by molar-refractivity contribution is 5.95. The number of fused-ring (bicyclic) bond motifs is 1. The van der Waals surface area contributed by atoms with E-state index in [0.29, 0.717) is 12.0 Å². The fourth-order valence-corrected chi connectivity index (χ4v) is 2.93. The normalized spacial score (nSPS) is 12.1. The highest BCUT2D eigenvalue weighted by Gasteiger charge is 2.21. The molecular formula is C20H21N3O3. The van der Waals surface area contributed by atoms with Gasteiger partial charge in [-0.25, -0.2) is 0 Å². The second-order valence-electron chi connectivity index (χ2n) is 6.40. The van der Waals surface area contributed by atoms with Gasteiger partial charge in [0.15, 0.2) is 0 Å². The van der Waals surface area contributed by atoms with Gasteiger partial charge in [0.25, 0.3) is 5.91 Å². The van der Waals surface area contributed by atoms with Crippen LogP contribution in [0, 0.1) is 12.8 Å². The van der Waals surface area contributed by atoms with Gasteiger partial charge < -0.3 is 10.4 Å². The van der Waals surface area contributed by atoms with Crippen molar-refractivity contribution in [3.63, 3.8) is 0 Å². The number of nitrogens with one attached hydrogen (secondary N) is 1. The first-order valence-electron chi connectivity index (χ1n) is 8.43. The second-order valence-corrected chi connectivity index (χ2v) is 6.40. The molecule has 26 heavy (non-hydrogen) atoms. The topological polar surface area (TPSA) is 84.2 Å². The van der Waals surface area contributed by atoms with Gasteiger partial charge in [0.05, 0.1) is 17.7 Å². The van der Waals surface area contributed by atoms with Crippen molar-refractivity contribution in [1.82, 2.24) is 15.1 Å². The third-order valence-corrected chi connectivity index (χ3v) is 4.63. The molecule has 0 saturated carbocycles. The summed E-state index contributed by atoms with van der Waals surface area (Å²) in [5.41, 5.74) is 2.13. The molecule has 0 spiro atoms. The van der Waals surface area contributed by atoms with Crippen LogP contribution in [0.15, 0.2) is 48.7 Å². The Balaban J connectivity index is 1.69. The molecule has 0 aliphatic carbocycles. The van der Waals surface area contributed by atoms with Gasteiger partial charge in [-0.2, -0.15) is 5.10 Å². The lowest BCUT2D eigenvalue weighted by Crippen LogP contribution is -2.34. The van der Waals surface area contributed by atoms with Crippen LogP contribution in [0.1, 0.15) is 21.6 Å². The molecule has 0 radical (unpaired) electrons. The molecule has 1 heterocycles. The molecule has 1 aromatic heterocycles. The molecule has 0 aliphatic rings. The van der Waals surface area contributed by atoms with Crippen LogP contribution >= 0.6 is 0 Å². The predicted molar refractivity (Wildman–Crippen MR) is 99.1 cm³/mol. The second kappa shape index (κ2) is 7.39. The number of hydrogen-bond donors (Lipinski definition) is 2. The zero-order chi connectivity index (χ0) is 18.7. The van der Waals surface area contributed by atoms with Crippen molar-refractivity contribution in [2.24, 2.45) is 13.0 Å². The first-order chi connectivity index (χ1) is 12.5. The number of carbonyl (C=O) groups excluding carboxylic acids is 1. The van der Waals surface area contributed by atoms with Crippen LogP contribution in [0.25, 0.3) is 10.8 Å². The molecule has 134 valence electrons. The Bertz CT molecular complexity index is 962. The number of nitrogens with zero attached hydrogens (tertiary/aromatic N) is 2. The molecule has 2 aromatic carbocycles. The standard InChI is InChI=1S/C20H21N3O3/c1-13-18(12-22-23(13)2)19(24)21-11-17(20(25)26)10-14-7-8-15-5-3-4-6-16(15)9-14/h3-9,12,17H,10-11H2,1-2H3,(H,21,24)(H,25,26). The molecule has 0 aliphatic heterocycles. The molecule has 3 aromatic rings. The number of carbonyl (C=O) groups is 2. The lowest BCUT2D eigenvalue weighted by molar-refractivity contribution is -0.141. The fraction of sp³-hybridized carbons (Fsp3) is 0.250. The Morgan fingerprint density at radius 3 is 2.58 bits per heavy atom. The number of benzene rings is 2. The number of carboxylic acid groups (broad SMARTS) is 1. The van der Waals surface area contributed by atoms with E-state index in [4.69, 9.17) is 0 Å². The Morgan fingerprint density at radius 2 is 1.92 bits per heavy atom. The van der Waals surface area contributed by atoms with Crippen LogP contribution in [0.5, 0.6) is 0 Å². The number of aliphatic carboxylic acids is 1. The molecule has 0 fully saturated rings. The van der Waals surface area contributed by atoms with E-state index in [9.17, 15) is 14.7 Å². The van der Waals surface area contributed by atoms with Gasteiger partial charge in [-0.3, -0.25) is 14.3 Å². The average Bonchev–Trinajstić information content (AvgIpc) is 2.97. The minimum absolute atomic E-state index is 0.0648. The quantitative estimate of drug-likeness (QED) is 0.715. The third kappa shape index (κ3) is 3.74. The first kappa shape index (κ1) is 17.7. The smallest absolute Gasteiger partial charge is 0.308 e. The van der Waals surface area contributed by atoms with Crippen LogP contribution in [0.2, 0.25) is 0 Å². The maximum Gasteiger partial charge on any atom is 0.308 e. The number of hydrogen-bond acceptors (Lipinski definition) is 3. The van der Waals surface area contributed by atoms with Crippen LogP contribution in [-0.4, -0.2) is 33.3 Å². The fourth-order valence-electron chi connectivity index (χ4n) is 2.93. The minimum Gasteiger partial charge on any atom is -0.481 e. The largest absolute Gasteiger partial charge is 0.481 e. The van der Waals surface area contributed by atoms with Crippen molar-refractivity contribution >= 4 is 22.6 Å². The van der Waals surface area contributed by atoms with Crippen molar-refractivity contribution in [3.8, 4) is 0 Å². The Morgan fingerprint density at radius 1 is 1.19 bits per heavy atom. The van der Waals surface area contributed by atoms with E-state index in [2.05, 4.69) is 10.4 Å². The Kier molecular flexibility index (Phi) is 5.02. The highest BCUT2D eigenvalue weighted by atomic mass is 16.4. The molecule has 1 atom stereocenters. The van der Waals surface area contributed by atoms with Crippen LogP contribution < -0.4 is 5.32 Å². The summed E-state index contributed by atoms with van der Waals surface area (Å²) in [6.45, 7) is 1.86. The van der Waals surface area contributed by atoms with Crippen molar-refractivity contribution < 1.29 is 14.7 Å². The Hall–Kier alpha value is -3.15. The summed E-state index contributed by atoms with van der Waals surface area (Å²) in [6.07, 6.45) is 1.84. The maximum atomic E-state index is 12.3. The van der Waals surface area contributed by atoms with E-state index in [1.54, 1.807) is 18.7 Å². The molecule has 0 bridgehead atoms. The average molecular weight is 351 g/mol. The summed E-state index contributed by atoms with van der Waals surface area (Å²) < 4.78 is 1.61. The summed E-state index contributed by atoms with van der Waals surface area (Å²) in [5, 5.41) is 18.5. The number of amides is 1. The van der Waals surface area contributed by atoms with Crippen LogP contribution in [0.3, 0.4) is 0 Å². The van der Waals surface area contributed by atoms with Crippen molar-refractivity contribution in [1.29, 1.82) is 0 Å². The number of aromatic nitrogens is 2. The van der Waals surface area contributed by atoms with Gasteiger partial charge in [-0.05, 0) is 29.7 Å². The van der Waals surface area contributed by atoms with E-state index < -0.39 is 11.9 Å². The van der Waals surface area contributed by atoms with Gasteiger partial charge in [0.1, 0.15) is 0 Å². The zero-order valence-corrected chi connectivity index (χ0v) is 14.8. The minimum atomic E-state index is -0.929. The van der Waals surface area contributed by atoms with E-state index in [0.717, 1.165) is 22.0 Å². The summed E-state index contributed by atoms with van der Waals surface area (Å²) >= 11 is 0.